The zero-order valence-electron chi connectivity index (χ0n) is 6.52. The summed E-state index contributed by atoms with van der Waals surface area (Å²) in [5, 5.41) is 11.9. The average Bonchev–Trinajstić information content (AvgIpc) is 1.82. The Labute approximate surface area is 57.3 Å². The van der Waals surface area contributed by atoms with Crippen LogP contribution < -0.4 is 5.32 Å². The van der Waals surface area contributed by atoms with Gasteiger partial charge in [0.25, 0.3) is 0 Å². The molecule has 1 atom stereocenters. The molecule has 0 bridgehead atoms. The largest absolute Gasteiger partial charge is 0.395 e. The van der Waals surface area contributed by atoms with Crippen LogP contribution >= 0.6 is 0 Å². The fourth-order valence-electron chi connectivity index (χ4n) is 0.771. The highest BCUT2D eigenvalue weighted by molar-refractivity contribution is 4.64. The van der Waals surface area contributed by atoms with Crippen molar-refractivity contribution in [1.29, 1.82) is 0 Å². The zero-order chi connectivity index (χ0) is 7.28. The molecule has 0 unspecified atom stereocenters. The summed E-state index contributed by atoms with van der Waals surface area (Å²) in [5.74, 6) is 0. The summed E-state index contributed by atoms with van der Waals surface area (Å²) in [6, 6.07) is 0.757. The van der Waals surface area contributed by atoms with Gasteiger partial charge in [0.15, 0.2) is 0 Å². The number of aliphatic hydroxyl groups excluding tert-OH is 1. The predicted molar refractivity (Wildman–Crippen MR) is 39.4 cm³/mol. The summed E-state index contributed by atoms with van der Waals surface area (Å²) in [6.45, 7) is 6.47. The van der Waals surface area contributed by atoms with Crippen LogP contribution in [0.4, 0.5) is 0 Å². The van der Waals surface area contributed by atoms with Crippen LogP contribution in [0, 0.1) is 0 Å². The average molecular weight is 131 g/mol. The first kappa shape index (κ1) is 8.92. The van der Waals surface area contributed by atoms with Crippen LogP contribution in [0.1, 0.15) is 27.2 Å². The normalized spacial score (nSPS) is 14.3. The Bertz CT molecular complexity index is 59.9. The minimum Gasteiger partial charge on any atom is -0.395 e. The smallest absolute Gasteiger partial charge is 0.0584 e. The number of nitrogens with one attached hydrogen (secondary N) is 1. The molecule has 0 aromatic carbocycles. The molecule has 0 saturated heterocycles. The van der Waals surface area contributed by atoms with E-state index in [0.29, 0.717) is 6.04 Å². The highest BCUT2D eigenvalue weighted by Gasteiger charge is 2.03. The molecule has 0 fully saturated rings. The Balaban J connectivity index is 3.31. The van der Waals surface area contributed by atoms with Gasteiger partial charge in [-0.3, -0.25) is 0 Å². The van der Waals surface area contributed by atoms with Gasteiger partial charge in [0.1, 0.15) is 0 Å². The maximum Gasteiger partial charge on any atom is 0.0584 e. The minimum atomic E-state index is 0.245. The van der Waals surface area contributed by atoms with E-state index in [-0.39, 0.29) is 12.6 Å². The Morgan fingerprint density at radius 2 is 2.00 bits per heavy atom. The van der Waals surface area contributed by atoms with E-state index in [1.807, 2.05) is 0 Å². The van der Waals surface area contributed by atoms with Gasteiger partial charge in [-0.25, -0.2) is 0 Å². The van der Waals surface area contributed by atoms with Gasteiger partial charge in [0, 0.05) is 12.1 Å². The summed E-state index contributed by atoms with van der Waals surface area (Å²) >= 11 is 0. The van der Waals surface area contributed by atoms with E-state index in [1.165, 1.54) is 0 Å². The van der Waals surface area contributed by atoms with Crippen molar-refractivity contribution in [1.82, 2.24) is 5.32 Å². The predicted octanol–water partition coefficient (Wildman–Crippen LogP) is 0.755. The van der Waals surface area contributed by atoms with Crippen molar-refractivity contribution < 1.29 is 5.11 Å². The number of hydrogen-bond donors (Lipinski definition) is 2. The quantitative estimate of drug-likeness (QED) is 0.590. The maximum atomic E-state index is 8.71. The molecule has 0 radical (unpaired) electrons. The van der Waals surface area contributed by atoms with E-state index in [4.69, 9.17) is 5.11 Å². The second-order valence-corrected chi connectivity index (χ2v) is 2.61. The topological polar surface area (TPSA) is 32.3 Å². The zero-order valence-corrected chi connectivity index (χ0v) is 6.52. The third-order valence-corrected chi connectivity index (χ3v) is 1.28. The molecule has 0 aromatic rings. The third kappa shape index (κ3) is 4.43. The SMILES string of the molecule is CC[C@@H](CO)NC(C)C. The van der Waals surface area contributed by atoms with Crippen LogP contribution in [0.2, 0.25) is 0 Å². The van der Waals surface area contributed by atoms with Gasteiger partial charge < -0.3 is 10.4 Å². The third-order valence-electron chi connectivity index (χ3n) is 1.28. The molecule has 0 spiro atoms. The van der Waals surface area contributed by atoms with Crippen LogP contribution in [-0.4, -0.2) is 23.8 Å². The first-order chi connectivity index (χ1) is 4.20. The van der Waals surface area contributed by atoms with Crippen LogP contribution in [0.25, 0.3) is 0 Å². The molecular weight excluding hydrogens is 114 g/mol. The van der Waals surface area contributed by atoms with Gasteiger partial charge in [0.2, 0.25) is 0 Å². The van der Waals surface area contributed by atoms with E-state index in [1.54, 1.807) is 0 Å². The van der Waals surface area contributed by atoms with Crippen molar-refractivity contribution in [2.75, 3.05) is 6.61 Å². The monoisotopic (exact) mass is 131 g/mol. The fraction of sp³-hybridized carbons (Fsp3) is 1.00. The first-order valence-electron chi connectivity index (χ1n) is 3.57. The van der Waals surface area contributed by atoms with Gasteiger partial charge >= 0.3 is 0 Å². The number of rotatable bonds is 4. The van der Waals surface area contributed by atoms with Gasteiger partial charge in [-0.15, -0.1) is 0 Å². The lowest BCUT2D eigenvalue weighted by Crippen LogP contribution is -2.36. The van der Waals surface area contributed by atoms with E-state index >= 15 is 0 Å². The van der Waals surface area contributed by atoms with Crippen LogP contribution in [0.5, 0.6) is 0 Å². The maximum absolute atomic E-state index is 8.71. The molecule has 0 aliphatic carbocycles. The van der Waals surface area contributed by atoms with E-state index < -0.39 is 0 Å². The van der Waals surface area contributed by atoms with Gasteiger partial charge in [-0.2, -0.15) is 0 Å². The molecule has 9 heavy (non-hydrogen) atoms. The molecule has 0 aromatic heterocycles. The van der Waals surface area contributed by atoms with E-state index in [0.717, 1.165) is 6.42 Å². The molecule has 0 aliphatic heterocycles. The molecule has 0 rings (SSSR count). The van der Waals surface area contributed by atoms with E-state index in [2.05, 4.69) is 26.1 Å². The standard InChI is InChI=1S/C7H17NO/c1-4-7(5-9)8-6(2)3/h6-9H,4-5H2,1-3H3/t7-/m0/s1. The van der Waals surface area contributed by atoms with Crippen molar-refractivity contribution in [3.8, 4) is 0 Å². The molecule has 2 nitrogen and oxygen atoms in total. The summed E-state index contributed by atoms with van der Waals surface area (Å²) in [5.41, 5.74) is 0. The van der Waals surface area contributed by atoms with Crippen LogP contribution in [-0.2, 0) is 0 Å². The van der Waals surface area contributed by atoms with E-state index in [9.17, 15) is 0 Å². The summed E-state index contributed by atoms with van der Waals surface area (Å²) < 4.78 is 0. The number of aliphatic hydroxyl groups is 1. The van der Waals surface area contributed by atoms with Gasteiger partial charge in [-0.05, 0) is 6.42 Å². The molecular formula is C7H17NO. The molecule has 2 N–H and O–H groups in total. The minimum absolute atomic E-state index is 0.245. The Morgan fingerprint density at radius 3 is 2.11 bits per heavy atom. The fourth-order valence-corrected chi connectivity index (χ4v) is 0.771. The van der Waals surface area contributed by atoms with Crippen LogP contribution in [0.15, 0.2) is 0 Å². The summed E-state index contributed by atoms with van der Waals surface area (Å²) in [4.78, 5) is 0. The lowest BCUT2D eigenvalue weighted by atomic mass is 10.2. The lowest BCUT2D eigenvalue weighted by molar-refractivity contribution is 0.232. The van der Waals surface area contributed by atoms with Crippen molar-refractivity contribution in [3.05, 3.63) is 0 Å². The Morgan fingerprint density at radius 1 is 1.44 bits per heavy atom. The second-order valence-electron chi connectivity index (χ2n) is 2.61. The van der Waals surface area contributed by atoms with Crippen molar-refractivity contribution in [3.63, 3.8) is 0 Å². The lowest BCUT2D eigenvalue weighted by Gasteiger charge is -2.16. The first-order valence-corrected chi connectivity index (χ1v) is 3.57. The highest BCUT2D eigenvalue weighted by Crippen LogP contribution is 1.90. The van der Waals surface area contributed by atoms with Gasteiger partial charge in [-0.1, -0.05) is 20.8 Å². The highest BCUT2D eigenvalue weighted by atomic mass is 16.3. The molecule has 2 heteroatoms. The van der Waals surface area contributed by atoms with Crippen molar-refractivity contribution in [2.24, 2.45) is 0 Å². The molecule has 0 amide bonds. The van der Waals surface area contributed by atoms with Crippen LogP contribution in [0.3, 0.4) is 0 Å². The molecule has 0 aliphatic rings. The second kappa shape index (κ2) is 4.77. The van der Waals surface area contributed by atoms with Gasteiger partial charge in [0.05, 0.1) is 6.61 Å². The molecule has 56 valence electrons. The van der Waals surface area contributed by atoms with Crippen molar-refractivity contribution >= 4 is 0 Å². The Hall–Kier alpha value is -0.0800. The molecule has 0 heterocycles. The van der Waals surface area contributed by atoms with Crippen molar-refractivity contribution in [2.45, 2.75) is 39.3 Å². The molecule has 0 saturated carbocycles. The Kier molecular flexibility index (Phi) is 4.72. The summed E-state index contributed by atoms with van der Waals surface area (Å²) in [6.07, 6.45) is 0.995. The number of hydrogen-bond acceptors (Lipinski definition) is 2. The summed E-state index contributed by atoms with van der Waals surface area (Å²) in [7, 11) is 0.